The molecule has 2 heterocycles. The Morgan fingerprint density at radius 2 is 1.95 bits per heavy atom. The second-order valence-electron chi connectivity index (χ2n) is 5.36. The van der Waals surface area contributed by atoms with Gasteiger partial charge < -0.3 is 9.32 Å². The first-order chi connectivity index (χ1) is 8.94. The summed E-state index contributed by atoms with van der Waals surface area (Å²) in [6.07, 6.45) is 0. The molecule has 1 amide bonds. The summed E-state index contributed by atoms with van der Waals surface area (Å²) in [7, 11) is 0. The minimum atomic E-state index is -0.476. The normalized spacial score (nSPS) is 17.3. The number of nitriles is 1. The Balaban J connectivity index is 1.97. The Labute approximate surface area is 113 Å². The molecule has 0 bridgehead atoms. The molecular weight excluding hydrogens is 242 g/mol. The molecule has 1 aliphatic rings. The Morgan fingerprint density at radius 3 is 2.42 bits per heavy atom. The number of amides is 1. The molecule has 0 unspecified atom stereocenters. The fraction of sp³-hybridized carbons (Fsp3) is 0.571. The summed E-state index contributed by atoms with van der Waals surface area (Å²) >= 11 is 0. The van der Waals surface area contributed by atoms with E-state index in [2.05, 4.69) is 11.0 Å². The number of nitrogens with zero attached hydrogens (tertiary/aromatic N) is 3. The maximum Gasteiger partial charge on any atom is 0.289 e. The number of hydrogen-bond donors (Lipinski definition) is 0. The minimum Gasteiger partial charge on any atom is -0.456 e. The van der Waals surface area contributed by atoms with Crippen LogP contribution >= 0.6 is 0 Å². The van der Waals surface area contributed by atoms with Crippen molar-refractivity contribution in [1.29, 1.82) is 5.26 Å². The number of hydrogen-bond acceptors (Lipinski definition) is 4. The van der Waals surface area contributed by atoms with Crippen molar-refractivity contribution in [2.75, 3.05) is 26.2 Å². The highest BCUT2D eigenvalue weighted by molar-refractivity contribution is 5.91. The van der Waals surface area contributed by atoms with Gasteiger partial charge in [0.2, 0.25) is 0 Å². The average molecular weight is 261 g/mol. The topological polar surface area (TPSA) is 60.5 Å². The van der Waals surface area contributed by atoms with Crippen molar-refractivity contribution in [3.05, 3.63) is 23.7 Å². The molecule has 102 valence electrons. The Bertz CT molecular complexity index is 505. The van der Waals surface area contributed by atoms with Crippen LogP contribution in [0.1, 0.15) is 30.2 Å². The molecule has 1 saturated heterocycles. The van der Waals surface area contributed by atoms with Crippen LogP contribution in [0.4, 0.5) is 0 Å². The van der Waals surface area contributed by atoms with Gasteiger partial charge in [0.05, 0.1) is 6.07 Å². The number of piperazine rings is 1. The molecular formula is C14H19N3O2. The van der Waals surface area contributed by atoms with E-state index in [1.54, 1.807) is 17.0 Å². The lowest BCUT2D eigenvalue weighted by Gasteiger charge is -2.40. The largest absolute Gasteiger partial charge is 0.456 e. The minimum absolute atomic E-state index is 0.0671. The van der Waals surface area contributed by atoms with Gasteiger partial charge in [0.15, 0.2) is 5.76 Å². The second-order valence-corrected chi connectivity index (χ2v) is 5.36. The number of carbonyl (C=O) groups excluding carboxylic acids is 1. The Kier molecular flexibility index (Phi) is 3.63. The van der Waals surface area contributed by atoms with Gasteiger partial charge in [-0.2, -0.15) is 5.26 Å². The molecule has 0 radical (unpaired) electrons. The standard InChI is InChI=1S/C14H19N3O2/c1-11-4-5-12(19-11)13(18)16-6-8-17(9-7-16)14(2,3)10-15/h4-5H,6-9H2,1-3H3. The molecule has 1 fully saturated rings. The molecule has 0 aromatic carbocycles. The maximum atomic E-state index is 12.2. The van der Waals surface area contributed by atoms with Gasteiger partial charge in [-0.3, -0.25) is 9.69 Å². The van der Waals surface area contributed by atoms with E-state index < -0.39 is 5.54 Å². The van der Waals surface area contributed by atoms with Gasteiger partial charge in [0.25, 0.3) is 5.91 Å². The van der Waals surface area contributed by atoms with E-state index in [-0.39, 0.29) is 5.91 Å². The first-order valence-corrected chi connectivity index (χ1v) is 6.46. The quantitative estimate of drug-likeness (QED) is 0.812. The number of rotatable bonds is 2. The SMILES string of the molecule is Cc1ccc(C(=O)N2CCN(C(C)(C)C#N)CC2)o1. The van der Waals surface area contributed by atoms with Crippen LogP contribution in [0.5, 0.6) is 0 Å². The van der Waals surface area contributed by atoms with Crippen molar-refractivity contribution in [3.63, 3.8) is 0 Å². The Hall–Kier alpha value is -1.80. The summed E-state index contributed by atoms with van der Waals surface area (Å²) in [6.45, 7) is 8.32. The summed E-state index contributed by atoms with van der Waals surface area (Å²) in [5, 5.41) is 9.11. The summed E-state index contributed by atoms with van der Waals surface area (Å²) in [4.78, 5) is 16.1. The van der Waals surface area contributed by atoms with E-state index in [0.717, 1.165) is 5.76 Å². The van der Waals surface area contributed by atoms with Crippen LogP contribution in [-0.2, 0) is 0 Å². The molecule has 2 rings (SSSR count). The predicted octanol–water partition coefficient (Wildman–Crippen LogP) is 1.65. The van der Waals surface area contributed by atoms with Crippen molar-refractivity contribution in [2.45, 2.75) is 26.3 Å². The van der Waals surface area contributed by atoms with E-state index in [9.17, 15) is 4.79 Å². The van der Waals surface area contributed by atoms with Crippen molar-refractivity contribution in [2.24, 2.45) is 0 Å². The van der Waals surface area contributed by atoms with Crippen LogP contribution in [0.15, 0.2) is 16.5 Å². The first-order valence-electron chi connectivity index (χ1n) is 6.46. The summed E-state index contributed by atoms with van der Waals surface area (Å²) in [5.41, 5.74) is -0.476. The summed E-state index contributed by atoms with van der Waals surface area (Å²) in [6, 6.07) is 5.80. The van der Waals surface area contributed by atoms with E-state index in [1.165, 1.54) is 0 Å². The highest BCUT2D eigenvalue weighted by Crippen LogP contribution is 2.17. The lowest BCUT2D eigenvalue weighted by Crippen LogP contribution is -2.55. The van der Waals surface area contributed by atoms with Crippen molar-refractivity contribution in [1.82, 2.24) is 9.80 Å². The van der Waals surface area contributed by atoms with Gasteiger partial charge in [-0.25, -0.2) is 0 Å². The molecule has 1 aromatic heterocycles. The van der Waals surface area contributed by atoms with E-state index in [4.69, 9.17) is 9.68 Å². The van der Waals surface area contributed by atoms with E-state index in [1.807, 2.05) is 20.8 Å². The molecule has 0 N–H and O–H groups in total. The highest BCUT2D eigenvalue weighted by atomic mass is 16.3. The zero-order chi connectivity index (χ0) is 14.0. The van der Waals surface area contributed by atoms with Gasteiger partial charge in [0.1, 0.15) is 11.3 Å². The maximum absolute atomic E-state index is 12.2. The molecule has 0 aliphatic carbocycles. The van der Waals surface area contributed by atoms with Crippen molar-refractivity contribution < 1.29 is 9.21 Å². The van der Waals surface area contributed by atoms with Crippen LogP contribution < -0.4 is 0 Å². The van der Waals surface area contributed by atoms with E-state index in [0.29, 0.717) is 31.9 Å². The lowest BCUT2D eigenvalue weighted by atomic mass is 10.0. The smallest absolute Gasteiger partial charge is 0.289 e. The average Bonchev–Trinajstić information content (AvgIpc) is 2.85. The molecule has 0 atom stereocenters. The van der Waals surface area contributed by atoms with Crippen molar-refractivity contribution in [3.8, 4) is 6.07 Å². The van der Waals surface area contributed by atoms with Crippen LogP contribution in [0.3, 0.4) is 0 Å². The molecule has 1 aliphatic heterocycles. The fourth-order valence-corrected chi connectivity index (χ4v) is 2.24. The number of furan rings is 1. The first kappa shape index (κ1) is 13.6. The Morgan fingerprint density at radius 1 is 1.32 bits per heavy atom. The molecule has 0 saturated carbocycles. The third kappa shape index (κ3) is 2.79. The molecule has 0 spiro atoms. The molecule has 1 aromatic rings. The van der Waals surface area contributed by atoms with Crippen molar-refractivity contribution >= 4 is 5.91 Å². The lowest BCUT2D eigenvalue weighted by molar-refractivity contribution is 0.0493. The second kappa shape index (κ2) is 5.06. The monoisotopic (exact) mass is 261 g/mol. The van der Waals surface area contributed by atoms with Gasteiger partial charge in [-0.05, 0) is 32.9 Å². The zero-order valence-electron chi connectivity index (χ0n) is 11.6. The van der Waals surface area contributed by atoms with Gasteiger partial charge in [0, 0.05) is 26.2 Å². The number of carbonyl (C=O) groups is 1. The van der Waals surface area contributed by atoms with Gasteiger partial charge in [-0.15, -0.1) is 0 Å². The molecule has 5 heteroatoms. The summed E-state index contributed by atoms with van der Waals surface area (Å²) < 4.78 is 5.36. The molecule has 19 heavy (non-hydrogen) atoms. The highest BCUT2D eigenvalue weighted by Gasteiger charge is 2.31. The zero-order valence-corrected chi connectivity index (χ0v) is 11.6. The predicted molar refractivity (Wildman–Crippen MR) is 70.6 cm³/mol. The molecule has 5 nitrogen and oxygen atoms in total. The third-order valence-electron chi connectivity index (χ3n) is 3.58. The third-order valence-corrected chi connectivity index (χ3v) is 3.58. The van der Waals surface area contributed by atoms with Crippen LogP contribution in [0.25, 0.3) is 0 Å². The van der Waals surface area contributed by atoms with Crippen LogP contribution in [0, 0.1) is 18.3 Å². The van der Waals surface area contributed by atoms with E-state index >= 15 is 0 Å². The van der Waals surface area contributed by atoms with Crippen LogP contribution in [-0.4, -0.2) is 47.4 Å². The van der Waals surface area contributed by atoms with Gasteiger partial charge >= 0.3 is 0 Å². The number of aryl methyl sites for hydroxylation is 1. The fourth-order valence-electron chi connectivity index (χ4n) is 2.24. The van der Waals surface area contributed by atoms with Gasteiger partial charge in [-0.1, -0.05) is 0 Å². The van der Waals surface area contributed by atoms with Crippen LogP contribution in [0.2, 0.25) is 0 Å². The summed E-state index contributed by atoms with van der Waals surface area (Å²) in [5.74, 6) is 1.07.